The van der Waals surface area contributed by atoms with Crippen LogP contribution in [0.4, 0.5) is 0 Å². The molecule has 0 saturated heterocycles. The highest BCUT2D eigenvalue weighted by molar-refractivity contribution is 5.40. The van der Waals surface area contributed by atoms with Crippen LogP contribution < -0.4 is 4.74 Å². The smallest absolute Gasteiger partial charge is 0.213 e. The second-order valence-electron chi connectivity index (χ2n) is 2.50. The van der Waals surface area contributed by atoms with Crippen molar-refractivity contribution in [1.29, 1.82) is 0 Å². The molecule has 0 radical (unpaired) electrons. The van der Waals surface area contributed by atoms with Crippen LogP contribution in [0.15, 0.2) is 12.3 Å². The van der Waals surface area contributed by atoms with Gasteiger partial charge < -0.3 is 9.84 Å². The van der Waals surface area contributed by atoms with Crippen molar-refractivity contribution < 1.29 is 9.84 Å². The Morgan fingerprint density at radius 2 is 2.38 bits per heavy atom. The molecule has 1 aromatic rings. The van der Waals surface area contributed by atoms with E-state index in [0.717, 1.165) is 11.1 Å². The molecule has 1 rings (SSSR count). The Kier molecular flexibility index (Phi) is 3.30. The summed E-state index contributed by atoms with van der Waals surface area (Å²) < 4.78 is 4.95. The van der Waals surface area contributed by atoms with Crippen LogP contribution in [-0.4, -0.2) is 23.8 Å². The lowest BCUT2D eigenvalue weighted by Gasteiger charge is -2.00. The molecular weight excluding hydrogens is 166 g/mol. The van der Waals surface area contributed by atoms with Crippen molar-refractivity contribution in [3.8, 4) is 17.7 Å². The summed E-state index contributed by atoms with van der Waals surface area (Å²) in [6.45, 7) is 1.79. The molecule has 0 bridgehead atoms. The monoisotopic (exact) mass is 177 g/mol. The molecule has 0 saturated carbocycles. The zero-order valence-electron chi connectivity index (χ0n) is 7.66. The quantitative estimate of drug-likeness (QED) is 0.643. The Morgan fingerprint density at radius 3 is 2.92 bits per heavy atom. The van der Waals surface area contributed by atoms with Crippen LogP contribution >= 0.6 is 0 Å². The second-order valence-corrected chi connectivity index (χ2v) is 2.50. The lowest BCUT2D eigenvalue weighted by Crippen LogP contribution is -1.91. The predicted octanol–water partition coefficient (Wildman–Crippen LogP) is 0.742. The third-order valence-corrected chi connectivity index (χ3v) is 1.60. The number of aliphatic hydroxyl groups is 1. The van der Waals surface area contributed by atoms with Crippen LogP contribution in [0.3, 0.4) is 0 Å². The number of aromatic nitrogens is 1. The van der Waals surface area contributed by atoms with Crippen LogP contribution in [0.2, 0.25) is 0 Å². The van der Waals surface area contributed by atoms with Gasteiger partial charge in [0.15, 0.2) is 0 Å². The average molecular weight is 177 g/mol. The highest BCUT2D eigenvalue weighted by atomic mass is 16.5. The number of hydrogen-bond acceptors (Lipinski definition) is 3. The molecule has 3 nitrogen and oxygen atoms in total. The first-order chi connectivity index (χ1) is 6.27. The molecule has 68 valence electrons. The molecule has 0 aliphatic heterocycles. The number of nitrogens with zero attached hydrogens (tertiary/aromatic N) is 1. The summed E-state index contributed by atoms with van der Waals surface area (Å²) in [7, 11) is 1.57. The van der Waals surface area contributed by atoms with Crippen molar-refractivity contribution in [3.05, 3.63) is 23.4 Å². The van der Waals surface area contributed by atoms with Gasteiger partial charge in [0.1, 0.15) is 6.61 Å². The summed E-state index contributed by atoms with van der Waals surface area (Å²) in [4.78, 5) is 4.00. The Morgan fingerprint density at radius 1 is 1.62 bits per heavy atom. The van der Waals surface area contributed by atoms with Crippen LogP contribution in [-0.2, 0) is 0 Å². The van der Waals surface area contributed by atoms with Crippen molar-refractivity contribution >= 4 is 0 Å². The van der Waals surface area contributed by atoms with Crippen LogP contribution in [0.1, 0.15) is 11.1 Å². The second kappa shape index (κ2) is 4.48. The summed E-state index contributed by atoms with van der Waals surface area (Å²) in [5, 5.41) is 8.50. The van der Waals surface area contributed by atoms with Crippen LogP contribution in [0.5, 0.6) is 5.88 Å². The maximum absolute atomic E-state index is 8.50. The van der Waals surface area contributed by atoms with Gasteiger partial charge in [-0.25, -0.2) is 4.98 Å². The van der Waals surface area contributed by atoms with Gasteiger partial charge in [-0.2, -0.15) is 0 Å². The van der Waals surface area contributed by atoms with Crippen molar-refractivity contribution in [2.45, 2.75) is 6.92 Å². The predicted molar refractivity (Wildman–Crippen MR) is 49.5 cm³/mol. The van der Waals surface area contributed by atoms with E-state index in [9.17, 15) is 0 Å². The van der Waals surface area contributed by atoms with Crippen molar-refractivity contribution in [2.24, 2.45) is 0 Å². The highest BCUT2D eigenvalue weighted by Crippen LogP contribution is 2.11. The van der Waals surface area contributed by atoms with E-state index in [1.54, 1.807) is 19.4 Å². The van der Waals surface area contributed by atoms with E-state index in [2.05, 4.69) is 16.8 Å². The molecule has 1 heterocycles. The van der Waals surface area contributed by atoms with Crippen LogP contribution in [0, 0.1) is 18.8 Å². The Labute approximate surface area is 77.4 Å². The first-order valence-electron chi connectivity index (χ1n) is 3.88. The fourth-order valence-corrected chi connectivity index (χ4v) is 0.907. The maximum Gasteiger partial charge on any atom is 0.213 e. The lowest BCUT2D eigenvalue weighted by atomic mass is 10.2. The largest absolute Gasteiger partial charge is 0.481 e. The minimum atomic E-state index is -0.133. The van der Waals surface area contributed by atoms with E-state index in [1.165, 1.54) is 0 Å². The van der Waals surface area contributed by atoms with E-state index in [-0.39, 0.29) is 6.61 Å². The Bertz CT molecular complexity index is 350. The summed E-state index contributed by atoms with van der Waals surface area (Å²) in [6.07, 6.45) is 1.64. The van der Waals surface area contributed by atoms with E-state index < -0.39 is 0 Å². The SMILES string of the molecule is COc1cc(C)c(C#CCO)cn1. The van der Waals surface area contributed by atoms with Crippen molar-refractivity contribution in [1.82, 2.24) is 4.98 Å². The van der Waals surface area contributed by atoms with Gasteiger partial charge in [0, 0.05) is 17.8 Å². The van der Waals surface area contributed by atoms with Crippen molar-refractivity contribution in [3.63, 3.8) is 0 Å². The van der Waals surface area contributed by atoms with E-state index in [1.807, 2.05) is 6.92 Å². The number of hydrogen-bond donors (Lipinski definition) is 1. The number of methoxy groups -OCH3 is 1. The zero-order chi connectivity index (χ0) is 9.68. The van der Waals surface area contributed by atoms with Gasteiger partial charge in [-0.15, -0.1) is 0 Å². The summed E-state index contributed by atoms with van der Waals surface area (Å²) in [6, 6.07) is 1.81. The fraction of sp³-hybridized carbons (Fsp3) is 0.300. The maximum atomic E-state index is 8.50. The first kappa shape index (κ1) is 9.56. The minimum absolute atomic E-state index is 0.133. The standard InChI is InChI=1S/C10H11NO2/c1-8-6-10(13-2)11-7-9(8)4-3-5-12/h6-7,12H,5H2,1-2H3. The molecule has 0 atom stereocenters. The number of rotatable bonds is 1. The molecule has 0 fully saturated rings. The molecule has 0 amide bonds. The molecule has 0 unspecified atom stereocenters. The lowest BCUT2D eigenvalue weighted by molar-refractivity contribution is 0.350. The minimum Gasteiger partial charge on any atom is -0.481 e. The molecule has 1 aromatic heterocycles. The van der Waals surface area contributed by atoms with Gasteiger partial charge in [-0.05, 0) is 12.5 Å². The third kappa shape index (κ3) is 2.46. The van der Waals surface area contributed by atoms with E-state index in [0.29, 0.717) is 5.88 Å². The molecule has 13 heavy (non-hydrogen) atoms. The molecule has 0 spiro atoms. The number of pyridine rings is 1. The van der Waals surface area contributed by atoms with Gasteiger partial charge in [-0.1, -0.05) is 11.8 Å². The van der Waals surface area contributed by atoms with E-state index in [4.69, 9.17) is 9.84 Å². The van der Waals surface area contributed by atoms with Gasteiger partial charge in [0.2, 0.25) is 5.88 Å². The summed E-state index contributed by atoms with van der Waals surface area (Å²) in [5.74, 6) is 5.94. The summed E-state index contributed by atoms with van der Waals surface area (Å²) >= 11 is 0. The Balaban J connectivity index is 2.98. The Hall–Kier alpha value is -1.53. The van der Waals surface area contributed by atoms with Gasteiger partial charge in [0.05, 0.1) is 7.11 Å². The van der Waals surface area contributed by atoms with Crippen molar-refractivity contribution in [2.75, 3.05) is 13.7 Å². The number of aryl methyl sites for hydroxylation is 1. The number of ether oxygens (including phenoxy) is 1. The first-order valence-corrected chi connectivity index (χ1v) is 3.88. The molecule has 1 N–H and O–H groups in total. The normalized spacial score (nSPS) is 8.85. The molecule has 0 aromatic carbocycles. The van der Waals surface area contributed by atoms with Gasteiger partial charge in [-0.3, -0.25) is 0 Å². The molecular formula is C10H11NO2. The fourth-order valence-electron chi connectivity index (χ4n) is 0.907. The van der Waals surface area contributed by atoms with Crippen LogP contribution in [0.25, 0.3) is 0 Å². The molecule has 3 heteroatoms. The third-order valence-electron chi connectivity index (χ3n) is 1.60. The number of aliphatic hydroxyl groups excluding tert-OH is 1. The highest BCUT2D eigenvalue weighted by Gasteiger charge is 1.97. The van der Waals surface area contributed by atoms with E-state index >= 15 is 0 Å². The summed E-state index contributed by atoms with van der Waals surface area (Å²) in [5.41, 5.74) is 1.81. The van der Waals surface area contributed by atoms with Gasteiger partial charge in [0.25, 0.3) is 0 Å². The molecule has 0 aliphatic rings. The zero-order valence-corrected chi connectivity index (χ0v) is 7.66. The molecule has 0 aliphatic carbocycles. The average Bonchev–Trinajstić information content (AvgIpc) is 2.16. The van der Waals surface area contributed by atoms with Gasteiger partial charge >= 0.3 is 0 Å². The topological polar surface area (TPSA) is 42.4 Å².